The lowest BCUT2D eigenvalue weighted by Crippen LogP contribution is -2.30. The summed E-state index contributed by atoms with van der Waals surface area (Å²) in [5.41, 5.74) is 4.09. The van der Waals surface area contributed by atoms with Crippen LogP contribution in [0, 0.1) is 0 Å². The summed E-state index contributed by atoms with van der Waals surface area (Å²) in [4.78, 5) is 1.43. The summed E-state index contributed by atoms with van der Waals surface area (Å²) in [6.45, 7) is 3.07. The molecule has 0 fully saturated rings. The molecule has 0 amide bonds. The van der Waals surface area contributed by atoms with E-state index in [1.807, 2.05) is 22.2 Å². The first kappa shape index (κ1) is 15.7. The van der Waals surface area contributed by atoms with Gasteiger partial charge in [0.2, 0.25) is 0 Å². The summed E-state index contributed by atoms with van der Waals surface area (Å²) < 4.78 is 3.07. The van der Waals surface area contributed by atoms with E-state index in [4.69, 9.17) is 5.84 Å². The molecule has 2 rings (SSSR count). The van der Waals surface area contributed by atoms with E-state index in [9.17, 15) is 0 Å². The zero-order chi connectivity index (χ0) is 14.4. The smallest absolute Gasteiger partial charge is 0.0709 e. The maximum atomic E-state index is 5.75. The number of halogens is 1. The predicted octanol–water partition coefficient (Wildman–Crippen LogP) is 3.64. The molecule has 2 aromatic heterocycles. The largest absolute Gasteiger partial charge is 0.271 e. The van der Waals surface area contributed by atoms with Crippen LogP contribution < -0.4 is 11.3 Å². The number of hydrogen-bond acceptors (Lipinski definition) is 4. The Labute approximate surface area is 132 Å². The van der Waals surface area contributed by atoms with Crippen LogP contribution in [0.3, 0.4) is 0 Å². The van der Waals surface area contributed by atoms with Gasteiger partial charge in [-0.1, -0.05) is 13.0 Å². The molecule has 0 radical (unpaired) electrons. The van der Waals surface area contributed by atoms with Gasteiger partial charge in [-0.05, 0) is 53.1 Å². The zero-order valence-electron chi connectivity index (χ0n) is 11.7. The molecule has 0 spiro atoms. The number of nitrogens with one attached hydrogen (secondary N) is 1. The monoisotopic (exact) mass is 356 g/mol. The Morgan fingerprint density at radius 2 is 2.40 bits per heavy atom. The summed E-state index contributed by atoms with van der Waals surface area (Å²) in [5.74, 6) is 5.75. The normalized spacial score (nSPS) is 12.8. The first-order valence-corrected chi connectivity index (χ1v) is 8.63. The van der Waals surface area contributed by atoms with Crippen molar-refractivity contribution in [3.8, 4) is 0 Å². The highest BCUT2D eigenvalue weighted by Gasteiger charge is 2.18. The summed E-state index contributed by atoms with van der Waals surface area (Å²) in [6.07, 6.45) is 6.14. The van der Waals surface area contributed by atoms with E-state index >= 15 is 0 Å². The first-order chi connectivity index (χ1) is 9.76. The molecule has 3 N–H and O–H groups in total. The summed E-state index contributed by atoms with van der Waals surface area (Å²) in [6, 6.07) is 4.43. The first-order valence-electron chi connectivity index (χ1n) is 6.96. The Kier molecular flexibility index (Phi) is 6.22. The Morgan fingerprint density at radius 1 is 1.55 bits per heavy atom. The molecule has 0 saturated carbocycles. The summed E-state index contributed by atoms with van der Waals surface area (Å²) in [7, 11) is 0. The van der Waals surface area contributed by atoms with Crippen LogP contribution >= 0.6 is 27.3 Å². The highest BCUT2D eigenvalue weighted by atomic mass is 79.9. The van der Waals surface area contributed by atoms with E-state index < -0.39 is 0 Å². The molecule has 6 heteroatoms. The van der Waals surface area contributed by atoms with Gasteiger partial charge in [-0.3, -0.25) is 16.0 Å². The minimum Gasteiger partial charge on any atom is -0.271 e. The molecule has 0 aliphatic carbocycles. The van der Waals surface area contributed by atoms with Gasteiger partial charge in [0, 0.05) is 11.4 Å². The number of aromatic nitrogens is 2. The van der Waals surface area contributed by atoms with Gasteiger partial charge in [-0.15, -0.1) is 11.3 Å². The minimum absolute atomic E-state index is 0.137. The molecule has 0 aliphatic rings. The molecular formula is C14H21BrN4S. The van der Waals surface area contributed by atoms with Crippen molar-refractivity contribution >= 4 is 27.3 Å². The van der Waals surface area contributed by atoms with E-state index in [2.05, 4.69) is 50.9 Å². The van der Waals surface area contributed by atoms with E-state index in [1.54, 1.807) is 0 Å². The molecule has 0 saturated heterocycles. The molecule has 4 nitrogen and oxygen atoms in total. The Bertz CT molecular complexity index is 509. The third kappa shape index (κ3) is 3.91. The van der Waals surface area contributed by atoms with Crippen molar-refractivity contribution in [2.24, 2.45) is 5.84 Å². The predicted molar refractivity (Wildman–Crippen MR) is 87.5 cm³/mol. The highest BCUT2D eigenvalue weighted by molar-refractivity contribution is 9.10. The fraction of sp³-hybridized carbons (Fsp3) is 0.500. The number of hydrazine groups is 1. The van der Waals surface area contributed by atoms with Crippen molar-refractivity contribution in [1.29, 1.82) is 0 Å². The third-order valence-corrected chi connectivity index (χ3v) is 4.84. The van der Waals surface area contributed by atoms with Crippen molar-refractivity contribution in [3.63, 3.8) is 0 Å². The molecule has 1 unspecified atom stereocenters. The number of aryl methyl sites for hydroxylation is 2. The van der Waals surface area contributed by atoms with Gasteiger partial charge in [-0.25, -0.2) is 0 Å². The van der Waals surface area contributed by atoms with Crippen LogP contribution in [-0.4, -0.2) is 9.78 Å². The van der Waals surface area contributed by atoms with Gasteiger partial charge >= 0.3 is 0 Å². The molecule has 110 valence electrons. The van der Waals surface area contributed by atoms with Crippen molar-refractivity contribution in [1.82, 2.24) is 15.2 Å². The standard InChI is InChI=1S/C14H21BrN4S/c1-2-8-19-14(12(15)10-17-19)13(18-16)7-3-5-11-6-4-9-20-11/h4,6,9-10,13,18H,2-3,5,7-8,16H2,1H3. The van der Waals surface area contributed by atoms with E-state index in [0.29, 0.717) is 0 Å². The Balaban J connectivity index is 1.98. The van der Waals surface area contributed by atoms with E-state index in [1.165, 1.54) is 4.88 Å². The molecule has 2 aromatic rings. The fourth-order valence-electron chi connectivity index (χ4n) is 2.34. The van der Waals surface area contributed by atoms with E-state index in [0.717, 1.165) is 42.4 Å². The van der Waals surface area contributed by atoms with Crippen LogP contribution in [0.15, 0.2) is 28.2 Å². The number of nitrogens with two attached hydrogens (primary N) is 1. The van der Waals surface area contributed by atoms with Gasteiger partial charge in [0.1, 0.15) is 0 Å². The molecule has 20 heavy (non-hydrogen) atoms. The van der Waals surface area contributed by atoms with Crippen molar-refractivity contribution in [2.45, 2.75) is 45.2 Å². The SMILES string of the molecule is CCCn1ncc(Br)c1C(CCCc1cccs1)NN. The van der Waals surface area contributed by atoms with Crippen LogP contribution in [0.1, 0.15) is 42.8 Å². The van der Waals surface area contributed by atoms with Crippen LogP contribution in [-0.2, 0) is 13.0 Å². The van der Waals surface area contributed by atoms with E-state index in [-0.39, 0.29) is 6.04 Å². The highest BCUT2D eigenvalue weighted by Crippen LogP contribution is 2.27. The van der Waals surface area contributed by atoms with Crippen LogP contribution in [0.2, 0.25) is 0 Å². The molecular weight excluding hydrogens is 336 g/mol. The fourth-order valence-corrected chi connectivity index (χ4v) is 3.67. The average molecular weight is 357 g/mol. The number of hydrogen-bond donors (Lipinski definition) is 2. The lowest BCUT2D eigenvalue weighted by Gasteiger charge is -2.18. The van der Waals surface area contributed by atoms with Gasteiger partial charge in [-0.2, -0.15) is 5.10 Å². The van der Waals surface area contributed by atoms with Gasteiger partial charge in [0.05, 0.1) is 22.4 Å². The lowest BCUT2D eigenvalue weighted by molar-refractivity contribution is 0.446. The molecule has 0 bridgehead atoms. The maximum absolute atomic E-state index is 5.75. The second-order valence-electron chi connectivity index (χ2n) is 4.79. The van der Waals surface area contributed by atoms with Crippen molar-refractivity contribution in [2.75, 3.05) is 0 Å². The van der Waals surface area contributed by atoms with Gasteiger partial charge in [0.25, 0.3) is 0 Å². The molecule has 1 atom stereocenters. The summed E-state index contributed by atoms with van der Waals surface area (Å²) >= 11 is 5.40. The number of nitrogens with zero attached hydrogens (tertiary/aromatic N) is 2. The van der Waals surface area contributed by atoms with Crippen LogP contribution in [0.5, 0.6) is 0 Å². The lowest BCUT2D eigenvalue weighted by atomic mass is 10.1. The molecule has 0 aromatic carbocycles. The second-order valence-corrected chi connectivity index (χ2v) is 6.68. The molecule has 2 heterocycles. The van der Waals surface area contributed by atoms with Crippen LogP contribution in [0.25, 0.3) is 0 Å². The van der Waals surface area contributed by atoms with Crippen molar-refractivity contribution in [3.05, 3.63) is 38.8 Å². The van der Waals surface area contributed by atoms with Gasteiger partial charge < -0.3 is 0 Å². The van der Waals surface area contributed by atoms with Crippen LogP contribution in [0.4, 0.5) is 0 Å². The zero-order valence-corrected chi connectivity index (χ0v) is 14.1. The Hall–Kier alpha value is -0.690. The van der Waals surface area contributed by atoms with Crippen molar-refractivity contribution < 1.29 is 0 Å². The number of rotatable bonds is 8. The maximum Gasteiger partial charge on any atom is 0.0709 e. The Morgan fingerprint density at radius 3 is 3.05 bits per heavy atom. The second kappa shape index (κ2) is 7.93. The number of thiophene rings is 1. The minimum atomic E-state index is 0.137. The third-order valence-electron chi connectivity index (χ3n) is 3.30. The van der Waals surface area contributed by atoms with Gasteiger partial charge in [0.15, 0.2) is 0 Å². The quantitative estimate of drug-likeness (QED) is 0.560. The average Bonchev–Trinajstić information content (AvgIpc) is 3.07. The summed E-state index contributed by atoms with van der Waals surface area (Å²) in [5, 5.41) is 6.53. The molecule has 0 aliphatic heterocycles. The topological polar surface area (TPSA) is 55.9 Å².